The summed E-state index contributed by atoms with van der Waals surface area (Å²) in [6.07, 6.45) is 0.925. The second-order valence-corrected chi connectivity index (χ2v) is 8.83. The first-order chi connectivity index (χ1) is 12.9. The summed E-state index contributed by atoms with van der Waals surface area (Å²) in [4.78, 5) is 19.2. The molecule has 1 aliphatic heterocycles. The first-order valence-corrected chi connectivity index (χ1v) is 11.0. The van der Waals surface area contributed by atoms with Crippen LogP contribution in [0, 0.1) is 5.92 Å². The van der Waals surface area contributed by atoms with Crippen LogP contribution in [0.4, 0.5) is 0 Å². The predicted molar refractivity (Wildman–Crippen MR) is 117 cm³/mol. The van der Waals surface area contributed by atoms with Crippen LogP contribution >= 0.6 is 11.8 Å². The molecule has 6 heteroatoms. The Morgan fingerprint density at radius 1 is 1.37 bits per heavy atom. The van der Waals surface area contributed by atoms with E-state index in [4.69, 9.17) is 0 Å². The summed E-state index contributed by atoms with van der Waals surface area (Å²) in [7, 11) is 1.84. The average Bonchev–Trinajstić information content (AvgIpc) is 2.68. The number of hydrogen-bond donors (Lipinski definition) is 2. The zero-order valence-electron chi connectivity index (χ0n) is 17.3. The smallest absolute Gasteiger partial charge is 0.251 e. The zero-order valence-corrected chi connectivity index (χ0v) is 18.1. The molecule has 1 heterocycles. The molecule has 2 unspecified atom stereocenters. The molecule has 2 rings (SSSR count). The van der Waals surface area contributed by atoms with Crippen LogP contribution in [0.3, 0.4) is 0 Å². The van der Waals surface area contributed by atoms with Gasteiger partial charge in [-0.3, -0.25) is 9.79 Å². The number of guanidine groups is 1. The van der Waals surface area contributed by atoms with Crippen LogP contribution in [0.25, 0.3) is 0 Å². The molecule has 0 radical (unpaired) electrons. The summed E-state index contributed by atoms with van der Waals surface area (Å²) < 4.78 is 0. The molecular weight excluding hydrogens is 356 g/mol. The van der Waals surface area contributed by atoms with Gasteiger partial charge in [-0.1, -0.05) is 32.9 Å². The van der Waals surface area contributed by atoms with Crippen LogP contribution in [0.1, 0.15) is 50.0 Å². The Morgan fingerprint density at radius 3 is 2.81 bits per heavy atom. The molecule has 5 nitrogen and oxygen atoms in total. The molecule has 2 N–H and O–H groups in total. The van der Waals surface area contributed by atoms with E-state index in [9.17, 15) is 4.79 Å². The lowest BCUT2D eigenvalue weighted by Gasteiger charge is -2.36. The number of benzene rings is 1. The topological polar surface area (TPSA) is 56.7 Å². The molecule has 1 aliphatic rings. The zero-order chi connectivity index (χ0) is 19.8. The van der Waals surface area contributed by atoms with Gasteiger partial charge in [-0.15, -0.1) is 0 Å². The number of thioether (sulfide) groups is 1. The summed E-state index contributed by atoms with van der Waals surface area (Å²) >= 11 is 2.06. The molecular formula is C21H34N4OS. The number of nitrogens with zero attached hydrogens (tertiary/aromatic N) is 2. The fraction of sp³-hybridized carbons (Fsp3) is 0.619. The van der Waals surface area contributed by atoms with Gasteiger partial charge in [-0.05, 0) is 37.0 Å². The van der Waals surface area contributed by atoms with Crippen molar-refractivity contribution in [1.82, 2.24) is 15.5 Å². The Balaban J connectivity index is 1.96. The Bertz CT molecular complexity index is 647. The Morgan fingerprint density at radius 2 is 2.15 bits per heavy atom. The van der Waals surface area contributed by atoms with E-state index in [0.29, 0.717) is 23.3 Å². The normalized spacial score (nSPS) is 19.1. The number of aliphatic imine (C=N–C) groups is 1. The van der Waals surface area contributed by atoms with Crippen LogP contribution in [0.5, 0.6) is 0 Å². The summed E-state index contributed by atoms with van der Waals surface area (Å²) in [5.74, 6) is 2.73. The highest BCUT2D eigenvalue weighted by Gasteiger charge is 2.24. The van der Waals surface area contributed by atoms with Crippen LogP contribution < -0.4 is 10.6 Å². The summed E-state index contributed by atoms with van der Waals surface area (Å²) in [6, 6.07) is 8.00. The first-order valence-electron chi connectivity index (χ1n) is 9.91. The van der Waals surface area contributed by atoms with Crippen molar-refractivity contribution in [2.45, 2.75) is 52.0 Å². The van der Waals surface area contributed by atoms with E-state index in [-0.39, 0.29) is 11.9 Å². The van der Waals surface area contributed by atoms with E-state index < -0.39 is 0 Å². The van der Waals surface area contributed by atoms with Gasteiger partial charge in [0.05, 0.1) is 0 Å². The van der Waals surface area contributed by atoms with Crippen LogP contribution in [-0.2, 0) is 6.54 Å². The SMILES string of the molecule is CCC(C)NC(=O)c1cccc(CNC(=NC)N2CCSC(C(C)C)C2)c1. The lowest BCUT2D eigenvalue weighted by Crippen LogP contribution is -2.48. The molecule has 0 saturated carbocycles. The van der Waals surface area contributed by atoms with E-state index in [1.54, 1.807) is 0 Å². The molecule has 1 amide bonds. The molecule has 2 atom stereocenters. The van der Waals surface area contributed by atoms with Crippen molar-refractivity contribution in [3.63, 3.8) is 0 Å². The van der Waals surface area contributed by atoms with E-state index in [1.807, 2.05) is 38.2 Å². The predicted octanol–water partition coefficient (Wildman–Crippen LogP) is 3.36. The lowest BCUT2D eigenvalue weighted by molar-refractivity contribution is 0.0939. The number of nitrogens with one attached hydrogen (secondary N) is 2. The van der Waals surface area contributed by atoms with Gasteiger partial charge in [0.25, 0.3) is 5.91 Å². The van der Waals surface area contributed by atoms with Gasteiger partial charge in [0, 0.05) is 49.3 Å². The average molecular weight is 391 g/mol. The minimum absolute atomic E-state index is 0.0107. The minimum Gasteiger partial charge on any atom is -0.352 e. The van der Waals surface area contributed by atoms with E-state index in [0.717, 1.165) is 36.8 Å². The number of carbonyl (C=O) groups is 1. The van der Waals surface area contributed by atoms with E-state index in [2.05, 4.69) is 53.1 Å². The molecule has 0 aliphatic carbocycles. The highest BCUT2D eigenvalue weighted by molar-refractivity contribution is 8.00. The van der Waals surface area contributed by atoms with Crippen molar-refractivity contribution in [3.8, 4) is 0 Å². The van der Waals surface area contributed by atoms with Crippen molar-refractivity contribution < 1.29 is 4.79 Å². The summed E-state index contributed by atoms with van der Waals surface area (Å²) in [5, 5.41) is 7.13. The molecule has 1 fully saturated rings. The minimum atomic E-state index is -0.0107. The van der Waals surface area contributed by atoms with Crippen molar-refractivity contribution in [2.75, 3.05) is 25.9 Å². The van der Waals surface area contributed by atoms with Crippen molar-refractivity contribution in [1.29, 1.82) is 0 Å². The maximum absolute atomic E-state index is 12.3. The molecule has 0 bridgehead atoms. The van der Waals surface area contributed by atoms with Gasteiger partial charge < -0.3 is 15.5 Å². The van der Waals surface area contributed by atoms with Crippen LogP contribution in [0.15, 0.2) is 29.3 Å². The van der Waals surface area contributed by atoms with Crippen molar-refractivity contribution in [3.05, 3.63) is 35.4 Å². The second kappa shape index (κ2) is 10.6. The monoisotopic (exact) mass is 390 g/mol. The van der Waals surface area contributed by atoms with Gasteiger partial charge in [-0.2, -0.15) is 11.8 Å². The van der Waals surface area contributed by atoms with Gasteiger partial charge in [-0.25, -0.2) is 0 Å². The van der Waals surface area contributed by atoms with Gasteiger partial charge in [0.2, 0.25) is 0 Å². The molecule has 0 spiro atoms. The van der Waals surface area contributed by atoms with Gasteiger partial charge in [0.15, 0.2) is 5.96 Å². The molecule has 1 aromatic carbocycles. The maximum atomic E-state index is 12.3. The largest absolute Gasteiger partial charge is 0.352 e. The first kappa shape index (κ1) is 21.6. The highest BCUT2D eigenvalue weighted by atomic mass is 32.2. The third-order valence-electron chi connectivity index (χ3n) is 4.98. The van der Waals surface area contributed by atoms with Crippen molar-refractivity contribution >= 4 is 23.6 Å². The number of carbonyl (C=O) groups excluding carboxylic acids is 1. The quantitative estimate of drug-likeness (QED) is 0.578. The standard InChI is InChI=1S/C21H34N4OS/c1-6-16(4)24-20(26)18-9-7-8-17(12-18)13-23-21(22-5)25-10-11-27-19(14-25)15(2)3/h7-9,12,15-16,19H,6,10-11,13-14H2,1-5H3,(H,22,23)(H,24,26). The molecule has 1 aromatic rings. The fourth-order valence-corrected chi connectivity index (χ4v) is 4.32. The number of hydrogen-bond acceptors (Lipinski definition) is 3. The third-order valence-corrected chi connectivity index (χ3v) is 6.52. The molecule has 150 valence electrons. The highest BCUT2D eigenvalue weighted by Crippen LogP contribution is 2.24. The van der Waals surface area contributed by atoms with Crippen molar-refractivity contribution in [2.24, 2.45) is 10.9 Å². The third kappa shape index (κ3) is 6.45. The van der Waals surface area contributed by atoms with Crippen LogP contribution in [0.2, 0.25) is 0 Å². The second-order valence-electron chi connectivity index (χ2n) is 7.48. The Kier molecular flexibility index (Phi) is 8.48. The summed E-state index contributed by atoms with van der Waals surface area (Å²) in [5.41, 5.74) is 1.79. The van der Waals surface area contributed by atoms with Crippen LogP contribution in [-0.4, -0.2) is 53.9 Å². The molecule has 27 heavy (non-hydrogen) atoms. The molecule has 1 saturated heterocycles. The lowest BCUT2D eigenvalue weighted by atomic mass is 10.1. The van der Waals surface area contributed by atoms with E-state index in [1.165, 1.54) is 0 Å². The van der Waals surface area contributed by atoms with Gasteiger partial charge >= 0.3 is 0 Å². The summed E-state index contributed by atoms with van der Waals surface area (Å²) in [6.45, 7) is 11.4. The molecule has 0 aromatic heterocycles. The maximum Gasteiger partial charge on any atom is 0.251 e. The van der Waals surface area contributed by atoms with E-state index >= 15 is 0 Å². The fourth-order valence-electron chi connectivity index (χ4n) is 3.02. The Labute approximate surface area is 168 Å². The Hall–Kier alpha value is -1.69. The number of amides is 1. The number of rotatable bonds is 6. The van der Waals surface area contributed by atoms with Gasteiger partial charge in [0.1, 0.15) is 0 Å².